The Morgan fingerprint density at radius 2 is 1.65 bits per heavy atom. The number of carbonyl (C=O) groups excluding carboxylic acids is 3. The van der Waals surface area contributed by atoms with Crippen LogP contribution in [0.5, 0.6) is 0 Å². The lowest BCUT2D eigenvalue weighted by Crippen LogP contribution is -2.53. The zero-order valence-electron chi connectivity index (χ0n) is 22.6. The van der Waals surface area contributed by atoms with Crippen LogP contribution in [0.2, 0.25) is 5.02 Å². The van der Waals surface area contributed by atoms with E-state index in [0.29, 0.717) is 50.5 Å². The summed E-state index contributed by atoms with van der Waals surface area (Å²) < 4.78 is 40.5. The number of benzene rings is 2. The molecular weight excluding hydrogens is 611 g/mol. The number of likely N-dealkylation sites (N-methyl/N-ethyl adjacent to an activating group) is 1. The molecule has 2 atom stereocenters. The van der Waals surface area contributed by atoms with Gasteiger partial charge in [-0.1, -0.05) is 39.7 Å². The summed E-state index contributed by atoms with van der Waals surface area (Å²) in [4.78, 5) is 43.9. The summed E-state index contributed by atoms with van der Waals surface area (Å²) >= 11 is 9.38. The molecule has 0 unspecified atom stereocenters. The summed E-state index contributed by atoms with van der Waals surface area (Å²) in [5, 5.41) is 0.597. The summed E-state index contributed by atoms with van der Waals surface area (Å²) in [5.41, 5.74) is 0.792. The van der Waals surface area contributed by atoms with Crippen LogP contribution in [0.15, 0.2) is 40.9 Å². The molecule has 0 saturated carbocycles. The number of aryl methyl sites for hydroxylation is 1. The van der Waals surface area contributed by atoms with Crippen molar-refractivity contribution in [3.63, 3.8) is 0 Å². The van der Waals surface area contributed by atoms with Gasteiger partial charge in [0, 0.05) is 73.1 Å². The fourth-order valence-electron chi connectivity index (χ4n) is 5.76. The Morgan fingerprint density at radius 3 is 2.25 bits per heavy atom. The van der Waals surface area contributed by atoms with Crippen LogP contribution in [0.3, 0.4) is 0 Å². The lowest BCUT2D eigenvalue weighted by Gasteiger charge is -2.44. The summed E-state index contributed by atoms with van der Waals surface area (Å²) in [6.07, 6.45) is -2.92. The lowest BCUT2D eigenvalue weighted by molar-refractivity contribution is -0.141. The quantitative estimate of drug-likeness (QED) is 0.403. The monoisotopic (exact) mass is 641 g/mol. The highest BCUT2D eigenvalue weighted by Crippen LogP contribution is 2.36. The summed E-state index contributed by atoms with van der Waals surface area (Å²) in [5.74, 6) is -0.932. The molecule has 3 amide bonds. The number of hydrogen-bond donors (Lipinski definition) is 0. The first kappa shape index (κ1) is 30.4. The predicted molar refractivity (Wildman–Crippen MR) is 150 cm³/mol. The number of rotatable bonds is 4. The minimum absolute atomic E-state index is 0.00499. The van der Waals surface area contributed by atoms with Crippen LogP contribution in [0.25, 0.3) is 0 Å². The first-order valence-corrected chi connectivity index (χ1v) is 14.4. The smallest absolute Gasteiger partial charge is 0.343 e. The van der Waals surface area contributed by atoms with Crippen LogP contribution in [0.1, 0.15) is 59.2 Å². The van der Waals surface area contributed by atoms with Crippen molar-refractivity contribution in [3.05, 3.63) is 68.1 Å². The summed E-state index contributed by atoms with van der Waals surface area (Å²) in [6, 6.07) is 8.46. The van der Waals surface area contributed by atoms with E-state index in [1.165, 1.54) is 17.9 Å². The van der Waals surface area contributed by atoms with Crippen LogP contribution in [0, 0.1) is 12.8 Å². The van der Waals surface area contributed by atoms with E-state index in [-0.39, 0.29) is 39.7 Å². The topological polar surface area (TPSA) is 60.9 Å². The molecule has 2 heterocycles. The van der Waals surface area contributed by atoms with Gasteiger partial charge in [0.2, 0.25) is 11.8 Å². The molecule has 2 aliphatic rings. The molecule has 0 radical (unpaired) electrons. The van der Waals surface area contributed by atoms with E-state index in [2.05, 4.69) is 15.9 Å². The van der Waals surface area contributed by atoms with E-state index < -0.39 is 17.6 Å². The van der Waals surface area contributed by atoms with Crippen LogP contribution in [-0.4, -0.2) is 71.7 Å². The standard InChI is InChI=1S/C29H32BrClF3N3O3/c1-17-12-20(4-5-25(17)31)24-16-37(28(40)19-6-9-36(10-7-19)18(2)38)11-8-26(24)35(3)27(39)21-13-22(29(32,33)34)15-23(30)14-21/h4-5,12-15,19,24,26H,6-11,16H2,1-3H3/t24-,26+/m0/s1. The van der Waals surface area contributed by atoms with Crippen molar-refractivity contribution >= 4 is 45.3 Å². The molecule has 4 rings (SSSR count). The van der Waals surface area contributed by atoms with Crippen molar-refractivity contribution in [2.75, 3.05) is 33.2 Å². The molecule has 0 bridgehead atoms. The van der Waals surface area contributed by atoms with E-state index in [4.69, 9.17) is 11.6 Å². The molecule has 11 heteroatoms. The summed E-state index contributed by atoms with van der Waals surface area (Å²) in [7, 11) is 1.60. The van der Waals surface area contributed by atoms with Gasteiger partial charge in [0.25, 0.3) is 5.91 Å². The molecular formula is C29H32BrClF3N3O3. The van der Waals surface area contributed by atoms with Gasteiger partial charge in [-0.2, -0.15) is 13.2 Å². The average molecular weight is 643 g/mol. The predicted octanol–water partition coefficient (Wildman–Crippen LogP) is 6.14. The van der Waals surface area contributed by atoms with E-state index in [9.17, 15) is 27.6 Å². The van der Waals surface area contributed by atoms with Gasteiger partial charge in [0.15, 0.2) is 0 Å². The molecule has 2 aromatic carbocycles. The third-order valence-corrected chi connectivity index (χ3v) is 8.96. The number of halogens is 5. The van der Waals surface area contributed by atoms with Gasteiger partial charge in [-0.05, 0) is 61.6 Å². The van der Waals surface area contributed by atoms with Crippen molar-refractivity contribution in [1.82, 2.24) is 14.7 Å². The Labute approximate surface area is 245 Å². The Hall–Kier alpha value is -2.59. The first-order valence-electron chi connectivity index (χ1n) is 13.2. The number of alkyl halides is 3. The Morgan fingerprint density at radius 1 is 1.00 bits per heavy atom. The van der Waals surface area contributed by atoms with Crippen LogP contribution < -0.4 is 0 Å². The molecule has 2 fully saturated rings. The fourth-order valence-corrected chi connectivity index (χ4v) is 6.37. The maximum atomic E-state index is 13.5. The molecule has 0 N–H and O–H groups in total. The third-order valence-electron chi connectivity index (χ3n) is 8.08. The second-order valence-corrected chi connectivity index (χ2v) is 12.0. The minimum Gasteiger partial charge on any atom is -0.343 e. The SMILES string of the molecule is CC(=O)N1CCC(C(=O)N2CC[C@@H](N(C)C(=O)c3cc(Br)cc(C(F)(F)F)c3)[C@H](c3ccc(Cl)c(C)c3)C2)CC1. The number of carbonyl (C=O) groups is 3. The molecule has 6 nitrogen and oxygen atoms in total. The van der Waals surface area contributed by atoms with Gasteiger partial charge < -0.3 is 14.7 Å². The number of amides is 3. The molecule has 2 aliphatic heterocycles. The van der Waals surface area contributed by atoms with Gasteiger partial charge >= 0.3 is 6.18 Å². The minimum atomic E-state index is -4.59. The van der Waals surface area contributed by atoms with Crippen molar-refractivity contribution in [2.45, 2.75) is 51.2 Å². The van der Waals surface area contributed by atoms with E-state index in [0.717, 1.165) is 23.3 Å². The Bertz CT molecular complexity index is 1300. The zero-order chi connectivity index (χ0) is 29.4. The van der Waals surface area contributed by atoms with Crippen molar-refractivity contribution < 1.29 is 27.6 Å². The second-order valence-electron chi connectivity index (χ2n) is 10.7. The Balaban J connectivity index is 1.59. The van der Waals surface area contributed by atoms with Crippen molar-refractivity contribution in [1.29, 1.82) is 0 Å². The van der Waals surface area contributed by atoms with Gasteiger partial charge in [-0.25, -0.2) is 0 Å². The van der Waals surface area contributed by atoms with E-state index in [1.54, 1.807) is 18.0 Å². The highest BCUT2D eigenvalue weighted by molar-refractivity contribution is 9.10. The van der Waals surface area contributed by atoms with Crippen LogP contribution in [0.4, 0.5) is 13.2 Å². The van der Waals surface area contributed by atoms with Crippen molar-refractivity contribution in [3.8, 4) is 0 Å². The van der Waals surface area contributed by atoms with Crippen LogP contribution in [-0.2, 0) is 15.8 Å². The molecule has 0 aliphatic carbocycles. The van der Waals surface area contributed by atoms with Gasteiger partial charge in [0.05, 0.1) is 5.56 Å². The highest BCUT2D eigenvalue weighted by Gasteiger charge is 2.39. The fraction of sp³-hybridized carbons (Fsp3) is 0.483. The number of likely N-dealkylation sites (tertiary alicyclic amines) is 2. The van der Waals surface area contributed by atoms with E-state index in [1.807, 2.05) is 24.0 Å². The van der Waals surface area contributed by atoms with E-state index >= 15 is 0 Å². The maximum Gasteiger partial charge on any atom is 0.416 e. The lowest BCUT2D eigenvalue weighted by atomic mass is 9.83. The number of hydrogen-bond acceptors (Lipinski definition) is 3. The largest absolute Gasteiger partial charge is 0.416 e. The number of nitrogens with zero attached hydrogens (tertiary/aromatic N) is 3. The molecule has 0 aromatic heterocycles. The van der Waals surface area contributed by atoms with Gasteiger partial charge in [-0.15, -0.1) is 0 Å². The highest BCUT2D eigenvalue weighted by atomic mass is 79.9. The second kappa shape index (κ2) is 12.1. The van der Waals surface area contributed by atoms with Crippen LogP contribution >= 0.6 is 27.5 Å². The average Bonchev–Trinajstić information content (AvgIpc) is 2.92. The molecule has 2 saturated heterocycles. The Kier molecular flexibility index (Phi) is 9.19. The van der Waals surface area contributed by atoms with Crippen molar-refractivity contribution in [2.24, 2.45) is 5.92 Å². The summed E-state index contributed by atoms with van der Waals surface area (Å²) in [6.45, 7) is 5.29. The molecule has 216 valence electrons. The third kappa shape index (κ3) is 6.65. The van der Waals surface area contributed by atoms with Gasteiger partial charge in [0.1, 0.15) is 0 Å². The first-order chi connectivity index (χ1) is 18.8. The zero-order valence-corrected chi connectivity index (χ0v) is 24.9. The molecule has 40 heavy (non-hydrogen) atoms. The molecule has 0 spiro atoms. The number of piperidine rings is 2. The van der Waals surface area contributed by atoms with Gasteiger partial charge in [-0.3, -0.25) is 14.4 Å². The maximum absolute atomic E-state index is 13.5. The normalized spacial score (nSPS) is 20.4. The molecule has 2 aromatic rings.